The first-order valence-electron chi connectivity index (χ1n) is 4.06. The number of rotatable bonds is 3. The molecule has 0 amide bonds. The fourth-order valence-corrected chi connectivity index (χ4v) is 1.61. The predicted octanol–water partition coefficient (Wildman–Crippen LogP) is 3.13. The van der Waals surface area contributed by atoms with Crippen molar-refractivity contribution in [2.45, 2.75) is 13.3 Å². The first-order chi connectivity index (χ1) is 6.54. The molecule has 76 valence electrons. The molecule has 0 atom stereocenters. The van der Waals surface area contributed by atoms with Gasteiger partial charge in [0, 0.05) is 17.5 Å². The Bertz CT molecular complexity index is 361. The average Bonchev–Trinajstić information content (AvgIpc) is 2.10. The summed E-state index contributed by atoms with van der Waals surface area (Å²) >= 11 is 11.8. The van der Waals surface area contributed by atoms with Gasteiger partial charge in [-0.05, 0) is 18.6 Å². The lowest BCUT2D eigenvalue weighted by Gasteiger charge is -2.07. The van der Waals surface area contributed by atoms with Crippen LogP contribution in [0.3, 0.4) is 0 Å². The monoisotopic (exact) mass is 232 g/mol. The fraction of sp³-hybridized carbons (Fsp3) is 0.300. The first kappa shape index (κ1) is 11.3. The minimum Gasteiger partial charge on any atom is -0.495 e. The van der Waals surface area contributed by atoms with Crippen LogP contribution in [0.2, 0.25) is 10.0 Å². The van der Waals surface area contributed by atoms with Crippen molar-refractivity contribution in [1.82, 2.24) is 0 Å². The highest BCUT2D eigenvalue weighted by atomic mass is 35.5. The fourth-order valence-electron chi connectivity index (χ4n) is 1.13. The van der Waals surface area contributed by atoms with E-state index in [-0.39, 0.29) is 5.78 Å². The lowest BCUT2D eigenvalue weighted by molar-refractivity contribution is -0.116. The Morgan fingerprint density at radius 2 is 2.00 bits per heavy atom. The summed E-state index contributed by atoms with van der Waals surface area (Å²) in [6.45, 7) is 1.51. The number of ketones is 1. The molecule has 0 saturated heterocycles. The van der Waals surface area contributed by atoms with Gasteiger partial charge in [-0.25, -0.2) is 0 Å². The third-order valence-corrected chi connectivity index (χ3v) is 2.41. The number of ether oxygens (including phenoxy) is 1. The molecule has 0 radical (unpaired) electrons. The van der Waals surface area contributed by atoms with Gasteiger partial charge in [0.15, 0.2) is 0 Å². The molecule has 0 aromatic heterocycles. The molecular formula is C10H10Cl2O2. The molecule has 0 N–H and O–H groups in total. The van der Waals surface area contributed by atoms with Gasteiger partial charge in [0.1, 0.15) is 11.5 Å². The van der Waals surface area contributed by atoms with Gasteiger partial charge in [0.2, 0.25) is 0 Å². The maximum absolute atomic E-state index is 10.9. The lowest BCUT2D eigenvalue weighted by Crippen LogP contribution is -1.97. The number of benzene rings is 1. The van der Waals surface area contributed by atoms with Gasteiger partial charge >= 0.3 is 0 Å². The van der Waals surface area contributed by atoms with E-state index in [2.05, 4.69) is 0 Å². The first-order valence-corrected chi connectivity index (χ1v) is 4.81. The standard InChI is InChI=1S/C10H10Cl2O2/c1-6(13)3-7-4-9(12)10(14-2)5-8(7)11/h4-5H,3H2,1-2H3. The maximum Gasteiger partial charge on any atom is 0.138 e. The van der Waals surface area contributed by atoms with Gasteiger partial charge in [-0.3, -0.25) is 4.79 Å². The van der Waals surface area contributed by atoms with Crippen molar-refractivity contribution in [2.75, 3.05) is 7.11 Å². The number of hydrogen-bond acceptors (Lipinski definition) is 2. The van der Waals surface area contributed by atoms with Crippen LogP contribution in [0.5, 0.6) is 5.75 Å². The summed E-state index contributed by atoms with van der Waals surface area (Å²) < 4.78 is 4.98. The van der Waals surface area contributed by atoms with Crippen LogP contribution in [0.25, 0.3) is 0 Å². The van der Waals surface area contributed by atoms with Gasteiger partial charge in [0.25, 0.3) is 0 Å². The summed E-state index contributed by atoms with van der Waals surface area (Å²) in [4.78, 5) is 10.9. The van der Waals surface area contributed by atoms with Crippen LogP contribution < -0.4 is 4.74 Å². The Hall–Kier alpha value is -0.730. The predicted molar refractivity (Wildman–Crippen MR) is 57.4 cm³/mol. The second kappa shape index (κ2) is 4.67. The van der Waals surface area contributed by atoms with E-state index in [9.17, 15) is 4.79 Å². The summed E-state index contributed by atoms with van der Waals surface area (Å²) in [6, 6.07) is 3.27. The van der Waals surface area contributed by atoms with Gasteiger partial charge in [-0.2, -0.15) is 0 Å². The van der Waals surface area contributed by atoms with Crippen molar-refractivity contribution >= 4 is 29.0 Å². The molecule has 0 bridgehead atoms. The van der Waals surface area contributed by atoms with E-state index >= 15 is 0 Å². The Balaban J connectivity index is 3.08. The van der Waals surface area contributed by atoms with Crippen LogP contribution in [-0.4, -0.2) is 12.9 Å². The van der Waals surface area contributed by atoms with E-state index < -0.39 is 0 Å². The summed E-state index contributed by atoms with van der Waals surface area (Å²) in [5.41, 5.74) is 0.727. The van der Waals surface area contributed by atoms with Crippen LogP contribution in [0, 0.1) is 0 Å². The van der Waals surface area contributed by atoms with Crippen LogP contribution >= 0.6 is 23.2 Å². The Morgan fingerprint density at radius 3 is 2.50 bits per heavy atom. The van der Waals surface area contributed by atoms with Crippen LogP contribution in [0.4, 0.5) is 0 Å². The van der Waals surface area contributed by atoms with Gasteiger partial charge in [-0.1, -0.05) is 23.2 Å². The zero-order chi connectivity index (χ0) is 10.7. The second-order valence-corrected chi connectivity index (χ2v) is 3.77. The van der Waals surface area contributed by atoms with E-state index in [1.54, 1.807) is 12.1 Å². The minimum atomic E-state index is 0.0492. The molecule has 14 heavy (non-hydrogen) atoms. The molecule has 0 aliphatic heterocycles. The van der Waals surface area contributed by atoms with Crippen molar-refractivity contribution in [3.8, 4) is 5.75 Å². The number of Topliss-reactive ketones (excluding diaryl/α,β-unsaturated/α-hetero) is 1. The smallest absolute Gasteiger partial charge is 0.138 e. The third kappa shape index (κ3) is 2.63. The zero-order valence-electron chi connectivity index (χ0n) is 7.93. The normalized spacial score (nSPS) is 10.0. The summed E-state index contributed by atoms with van der Waals surface area (Å²) in [5.74, 6) is 0.567. The van der Waals surface area contributed by atoms with Crippen molar-refractivity contribution < 1.29 is 9.53 Å². The molecule has 2 nitrogen and oxygen atoms in total. The molecule has 1 aromatic rings. The second-order valence-electron chi connectivity index (χ2n) is 2.96. The van der Waals surface area contributed by atoms with Crippen LogP contribution in [-0.2, 0) is 11.2 Å². The van der Waals surface area contributed by atoms with E-state index in [4.69, 9.17) is 27.9 Å². The molecule has 0 saturated carbocycles. The number of carbonyl (C=O) groups excluding carboxylic acids is 1. The van der Waals surface area contributed by atoms with Crippen molar-refractivity contribution in [3.63, 3.8) is 0 Å². The van der Waals surface area contributed by atoms with Crippen LogP contribution in [0.15, 0.2) is 12.1 Å². The summed E-state index contributed by atoms with van der Waals surface area (Å²) in [5, 5.41) is 0.967. The Morgan fingerprint density at radius 1 is 1.36 bits per heavy atom. The molecule has 1 aromatic carbocycles. The number of carbonyl (C=O) groups is 1. The largest absolute Gasteiger partial charge is 0.495 e. The average molecular weight is 233 g/mol. The zero-order valence-corrected chi connectivity index (χ0v) is 9.45. The maximum atomic E-state index is 10.9. The number of hydrogen-bond donors (Lipinski definition) is 0. The SMILES string of the molecule is COc1cc(Cl)c(CC(C)=O)cc1Cl. The molecule has 0 aliphatic carbocycles. The van der Waals surface area contributed by atoms with Crippen molar-refractivity contribution in [3.05, 3.63) is 27.7 Å². The number of methoxy groups -OCH3 is 1. The molecule has 1 rings (SSSR count). The van der Waals surface area contributed by atoms with Gasteiger partial charge in [0.05, 0.1) is 12.1 Å². The van der Waals surface area contributed by atoms with E-state index in [0.717, 1.165) is 5.56 Å². The summed E-state index contributed by atoms with van der Waals surface area (Å²) in [7, 11) is 1.52. The Kier molecular flexibility index (Phi) is 3.78. The molecule has 0 unspecified atom stereocenters. The molecule has 4 heteroatoms. The molecule has 0 spiro atoms. The van der Waals surface area contributed by atoms with Crippen molar-refractivity contribution in [2.24, 2.45) is 0 Å². The molecule has 0 fully saturated rings. The summed E-state index contributed by atoms with van der Waals surface area (Å²) in [6.07, 6.45) is 0.294. The topological polar surface area (TPSA) is 26.3 Å². The van der Waals surface area contributed by atoms with Gasteiger partial charge < -0.3 is 4.74 Å². The Labute approximate surface area is 92.8 Å². The third-order valence-electron chi connectivity index (χ3n) is 1.76. The highest BCUT2D eigenvalue weighted by Crippen LogP contribution is 2.31. The molecule has 0 heterocycles. The highest BCUT2D eigenvalue weighted by molar-refractivity contribution is 6.34. The molecular weight excluding hydrogens is 223 g/mol. The number of halogens is 2. The lowest BCUT2D eigenvalue weighted by atomic mass is 10.1. The quantitative estimate of drug-likeness (QED) is 0.801. The van der Waals surface area contributed by atoms with Crippen LogP contribution in [0.1, 0.15) is 12.5 Å². The van der Waals surface area contributed by atoms with E-state index in [0.29, 0.717) is 22.2 Å². The van der Waals surface area contributed by atoms with Crippen molar-refractivity contribution in [1.29, 1.82) is 0 Å². The highest BCUT2D eigenvalue weighted by Gasteiger charge is 2.08. The van der Waals surface area contributed by atoms with Gasteiger partial charge in [-0.15, -0.1) is 0 Å². The molecule has 0 aliphatic rings. The van der Waals surface area contributed by atoms with E-state index in [1.807, 2.05) is 0 Å². The minimum absolute atomic E-state index is 0.0492. The van der Waals surface area contributed by atoms with E-state index in [1.165, 1.54) is 14.0 Å².